The highest BCUT2D eigenvalue weighted by molar-refractivity contribution is 5.85. The van der Waals surface area contributed by atoms with Crippen molar-refractivity contribution in [1.82, 2.24) is 0 Å². The summed E-state index contributed by atoms with van der Waals surface area (Å²) < 4.78 is 43.5. The Morgan fingerprint density at radius 3 is 2.04 bits per heavy atom. The summed E-state index contributed by atoms with van der Waals surface area (Å²) in [5.74, 6) is 0.391. The lowest BCUT2D eigenvalue weighted by atomic mass is 10.0. The topological polar surface area (TPSA) is 35.2 Å². The van der Waals surface area contributed by atoms with Crippen LogP contribution in [-0.2, 0) is 6.18 Å². The van der Waals surface area contributed by atoms with E-state index in [-0.39, 0.29) is 24.6 Å². The minimum atomic E-state index is -4.34. The second kappa shape index (κ2) is 8.22. The van der Waals surface area contributed by atoms with E-state index in [0.717, 1.165) is 17.7 Å². The molecule has 126 valence electrons. The summed E-state index contributed by atoms with van der Waals surface area (Å²) in [5, 5.41) is 0. The largest absolute Gasteiger partial charge is 0.486 e. The van der Waals surface area contributed by atoms with Gasteiger partial charge in [0.25, 0.3) is 0 Å². The lowest BCUT2D eigenvalue weighted by Crippen LogP contribution is -2.21. The average molecular weight is 346 g/mol. The first-order chi connectivity index (χ1) is 10.4. The van der Waals surface area contributed by atoms with Crippen molar-refractivity contribution < 1.29 is 17.9 Å². The van der Waals surface area contributed by atoms with Gasteiger partial charge in [-0.3, -0.25) is 0 Å². The molecule has 23 heavy (non-hydrogen) atoms. The molecule has 0 aliphatic carbocycles. The highest BCUT2D eigenvalue weighted by Gasteiger charge is 2.30. The molecule has 2 aromatic rings. The third-order valence-electron chi connectivity index (χ3n) is 3.22. The van der Waals surface area contributed by atoms with Crippen LogP contribution < -0.4 is 10.5 Å². The summed E-state index contributed by atoms with van der Waals surface area (Å²) in [6, 6.07) is 14.1. The van der Waals surface area contributed by atoms with Crippen LogP contribution in [0.25, 0.3) is 0 Å². The van der Waals surface area contributed by atoms with Crippen LogP contribution in [0.4, 0.5) is 13.2 Å². The lowest BCUT2D eigenvalue weighted by molar-refractivity contribution is -0.137. The second-order valence-corrected chi connectivity index (χ2v) is 5.25. The number of nitrogens with two attached hydrogens (primary N) is 1. The summed E-state index contributed by atoms with van der Waals surface area (Å²) in [6.45, 7) is 1.87. The minimum absolute atomic E-state index is 0. The Morgan fingerprint density at radius 1 is 1.00 bits per heavy atom. The van der Waals surface area contributed by atoms with Gasteiger partial charge in [-0.25, -0.2) is 0 Å². The first-order valence-electron chi connectivity index (χ1n) is 7.00. The van der Waals surface area contributed by atoms with E-state index in [0.29, 0.717) is 12.2 Å². The van der Waals surface area contributed by atoms with Gasteiger partial charge in [-0.2, -0.15) is 13.2 Å². The number of hydrogen-bond donors (Lipinski definition) is 1. The van der Waals surface area contributed by atoms with Crippen molar-refractivity contribution >= 4 is 12.4 Å². The van der Waals surface area contributed by atoms with E-state index < -0.39 is 11.7 Å². The zero-order valence-corrected chi connectivity index (χ0v) is 13.4. The number of ether oxygens (including phenoxy) is 1. The summed E-state index contributed by atoms with van der Waals surface area (Å²) in [5.41, 5.74) is 6.09. The molecule has 2 N–H and O–H groups in total. The molecule has 2 nitrogen and oxygen atoms in total. The van der Waals surface area contributed by atoms with Crippen LogP contribution in [-0.4, -0.2) is 6.04 Å². The molecule has 0 heterocycles. The molecule has 0 amide bonds. The van der Waals surface area contributed by atoms with E-state index in [1.54, 1.807) is 0 Å². The molecule has 0 saturated heterocycles. The first-order valence-corrected chi connectivity index (χ1v) is 7.00. The van der Waals surface area contributed by atoms with Gasteiger partial charge in [0.2, 0.25) is 0 Å². The van der Waals surface area contributed by atoms with E-state index >= 15 is 0 Å². The lowest BCUT2D eigenvalue weighted by Gasteiger charge is -2.21. The standard InChI is InChI=1S/C17H18F3NO.ClH/c1-12(21)11-16(13-5-3-2-4-6-13)22-15-9-7-14(8-10-15)17(18,19)20;/h2-10,12,16H,11,21H2,1H3;1H. The predicted molar refractivity (Wildman–Crippen MR) is 86.8 cm³/mol. The van der Waals surface area contributed by atoms with E-state index in [1.165, 1.54) is 12.1 Å². The maximum atomic E-state index is 12.6. The van der Waals surface area contributed by atoms with Gasteiger partial charge in [-0.05, 0) is 36.8 Å². The highest BCUT2D eigenvalue weighted by atomic mass is 35.5. The Hall–Kier alpha value is -1.72. The summed E-state index contributed by atoms with van der Waals surface area (Å²) in [6.07, 6.45) is -4.06. The van der Waals surface area contributed by atoms with Gasteiger partial charge in [-0.1, -0.05) is 30.3 Å². The minimum Gasteiger partial charge on any atom is -0.486 e. The van der Waals surface area contributed by atoms with Crippen LogP contribution in [0.1, 0.15) is 30.6 Å². The van der Waals surface area contributed by atoms with Crippen molar-refractivity contribution in [2.24, 2.45) is 5.73 Å². The van der Waals surface area contributed by atoms with E-state index in [1.807, 2.05) is 37.3 Å². The molecular formula is C17H19ClF3NO. The molecule has 0 aliphatic rings. The average Bonchev–Trinajstić information content (AvgIpc) is 2.47. The maximum Gasteiger partial charge on any atom is 0.416 e. The molecule has 0 radical (unpaired) electrons. The zero-order valence-electron chi connectivity index (χ0n) is 12.6. The van der Waals surface area contributed by atoms with Crippen LogP contribution in [0.15, 0.2) is 54.6 Å². The number of rotatable bonds is 5. The van der Waals surface area contributed by atoms with Gasteiger partial charge in [0.05, 0.1) is 5.56 Å². The predicted octanol–water partition coefficient (Wildman–Crippen LogP) is 4.98. The Kier molecular flexibility index (Phi) is 6.91. The Balaban J connectivity index is 0.00000264. The van der Waals surface area contributed by atoms with Crippen LogP contribution in [0.2, 0.25) is 0 Å². The van der Waals surface area contributed by atoms with Crippen LogP contribution in [0.5, 0.6) is 5.75 Å². The molecule has 0 spiro atoms. The number of alkyl halides is 3. The summed E-state index contributed by atoms with van der Waals surface area (Å²) in [7, 11) is 0. The summed E-state index contributed by atoms with van der Waals surface area (Å²) >= 11 is 0. The second-order valence-electron chi connectivity index (χ2n) is 5.25. The number of halogens is 4. The molecule has 0 bridgehead atoms. The third-order valence-corrected chi connectivity index (χ3v) is 3.22. The molecule has 6 heteroatoms. The molecule has 0 aromatic heterocycles. The first kappa shape index (κ1) is 19.3. The molecule has 2 atom stereocenters. The molecule has 0 saturated carbocycles. The molecule has 0 fully saturated rings. The molecule has 0 aliphatic heterocycles. The van der Waals surface area contributed by atoms with E-state index in [2.05, 4.69) is 0 Å². The monoisotopic (exact) mass is 345 g/mol. The van der Waals surface area contributed by atoms with Crippen molar-refractivity contribution in [2.45, 2.75) is 31.7 Å². The fraction of sp³-hybridized carbons (Fsp3) is 0.294. The maximum absolute atomic E-state index is 12.6. The van der Waals surface area contributed by atoms with Crippen molar-refractivity contribution in [3.8, 4) is 5.75 Å². The van der Waals surface area contributed by atoms with Crippen LogP contribution in [0, 0.1) is 0 Å². The molecule has 2 rings (SSSR count). The SMILES string of the molecule is CC(N)CC(Oc1ccc(C(F)(F)F)cc1)c1ccccc1.Cl. The number of hydrogen-bond acceptors (Lipinski definition) is 2. The van der Waals surface area contributed by atoms with Crippen molar-refractivity contribution in [2.75, 3.05) is 0 Å². The zero-order chi connectivity index (χ0) is 16.2. The van der Waals surface area contributed by atoms with Crippen LogP contribution >= 0.6 is 12.4 Å². The Bertz CT molecular complexity index is 585. The smallest absolute Gasteiger partial charge is 0.416 e. The highest BCUT2D eigenvalue weighted by Crippen LogP contribution is 2.32. The normalized spacial score (nSPS) is 13.8. The molecular weight excluding hydrogens is 327 g/mol. The third kappa shape index (κ3) is 5.77. The number of benzene rings is 2. The van der Waals surface area contributed by atoms with Gasteiger partial charge in [0.15, 0.2) is 0 Å². The van der Waals surface area contributed by atoms with Gasteiger partial charge >= 0.3 is 6.18 Å². The Morgan fingerprint density at radius 2 is 1.57 bits per heavy atom. The van der Waals surface area contributed by atoms with Gasteiger partial charge in [0.1, 0.15) is 11.9 Å². The Labute approximate surface area is 139 Å². The molecule has 2 unspecified atom stereocenters. The van der Waals surface area contributed by atoms with Crippen molar-refractivity contribution in [3.05, 3.63) is 65.7 Å². The van der Waals surface area contributed by atoms with Crippen LogP contribution in [0.3, 0.4) is 0 Å². The van der Waals surface area contributed by atoms with Gasteiger partial charge < -0.3 is 10.5 Å². The van der Waals surface area contributed by atoms with Gasteiger partial charge in [-0.15, -0.1) is 12.4 Å². The molecule has 2 aromatic carbocycles. The van der Waals surface area contributed by atoms with E-state index in [4.69, 9.17) is 10.5 Å². The van der Waals surface area contributed by atoms with Crippen molar-refractivity contribution in [1.29, 1.82) is 0 Å². The van der Waals surface area contributed by atoms with Crippen molar-refractivity contribution in [3.63, 3.8) is 0 Å². The van der Waals surface area contributed by atoms with E-state index in [9.17, 15) is 13.2 Å². The fourth-order valence-electron chi connectivity index (χ4n) is 2.14. The fourth-order valence-corrected chi connectivity index (χ4v) is 2.14. The quantitative estimate of drug-likeness (QED) is 0.829. The van der Waals surface area contributed by atoms with Gasteiger partial charge in [0, 0.05) is 12.5 Å². The summed E-state index contributed by atoms with van der Waals surface area (Å²) in [4.78, 5) is 0.